The Morgan fingerprint density at radius 1 is 1.67 bits per heavy atom. The molecule has 0 aliphatic rings. The molecule has 0 bridgehead atoms. The zero-order valence-electron chi connectivity index (χ0n) is 9.92. The van der Waals surface area contributed by atoms with Crippen molar-refractivity contribution in [3.63, 3.8) is 0 Å². The summed E-state index contributed by atoms with van der Waals surface area (Å²) in [6.45, 7) is -0.0151. The number of nitrogens with two attached hydrogens (primary N) is 1. The fraction of sp³-hybridized carbons (Fsp3) is 0.500. The van der Waals surface area contributed by atoms with E-state index in [0.717, 1.165) is 0 Å². The fourth-order valence-corrected chi connectivity index (χ4v) is 1.39. The number of methoxy groups -OCH3 is 1. The van der Waals surface area contributed by atoms with Crippen molar-refractivity contribution in [2.45, 2.75) is 18.6 Å². The molecule has 1 heterocycles. The number of rotatable bonds is 7. The third-order valence-corrected chi connectivity index (χ3v) is 2.38. The highest BCUT2D eigenvalue weighted by Crippen LogP contribution is 2.00. The number of aromatic nitrogens is 2. The van der Waals surface area contributed by atoms with Crippen molar-refractivity contribution in [1.82, 2.24) is 15.3 Å². The number of nitrogens with zero attached hydrogens (tertiary/aromatic N) is 1. The molecule has 0 spiro atoms. The number of nitrogens with one attached hydrogen (secondary N) is 2. The van der Waals surface area contributed by atoms with Crippen LogP contribution in [-0.2, 0) is 20.7 Å². The molecule has 1 rings (SSSR count). The molecule has 8 heteroatoms. The summed E-state index contributed by atoms with van der Waals surface area (Å²) in [5.41, 5.74) is 5.94. The Kier molecular flexibility index (Phi) is 5.28. The Balaban J connectivity index is 2.63. The van der Waals surface area contributed by atoms with Crippen LogP contribution in [0.1, 0.15) is 5.69 Å². The maximum Gasteiger partial charge on any atom is 0.326 e. The van der Waals surface area contributed by atoms with Gasteiger partial charge in [-0.15, -0.1) is 0 Å². The van der Waals surface area contributed by atoms with E-state index in [-0.39, 0.29) is 13.0 Å². The number of hydrogen-bond acceptors (Lipinski definition) is 5. The zero-order chi connectivity index (χ0) is 13.5. The summed E-state index contributed by atoms with van der Waals surface area (Å²) in [5, 5.41) is 11.4. The number of carboxylic acids is 1. The number of aliphatic carboxylic acids is 1. The predicted octanol–water partition coefficient (Wildman–Crippen LogP) is -1.50. The third kappa shape index (κ3) is 3.82. The van der Waals surface area contributed by atoms with Gasteiger partial charge in [0, 0.05) is 32.0 Å². The number of imidazole rings is 1. The van der Waals surface area contributed by atoms with Crippen LogP contribution >= 0.6 is 0 Å². The van der Waals surface area contributed by atoms with E-state index >= 15 is 0 Å². The van der Waals surface area contributed by atoms with Crippen LogP contribution in [-0.4, -0.2) is 52.8 Å². The van der Waals surface area contributed by atoms with Crippen LogP contribution in [0, 0.1) is 0 Å². The van der Waals surface area contributed by atoms with Crippen molar-refractivity contribution in [3.8, 4) is 0 Å². The summed E-state index contributed by atoms with van der Waals surface area (Å²) in [5.74, 6) is -1.68. The topological polar surface area (TPSA) is 130 Å². The van der Waals surface area contributed by atoms with Gasteiger partial charge in [-0.25, -0.2) is 9.78 Å². The highest BCUT2D eigenvalue weighted by atomic mass is 16.5. The fourth-order valence-electron chi connectivity index (χ4n) is 1.39. The molecule has 1 amide bonds. The molecule has 1 aromatic rings. The number of carbonyl (C=O) groups is 2. The predicted molar refractivity (Wildman–Crippen MR) is 61.7 cm³/mol. The smallest absolute Gasteiger partial charge is 0.326 e. The van der Waals surface area contributed by atoms with Crippen molar-refractivity contribution in [3.05, 3.63) is 18.2 Å². The molecular weight excluding hydrogens is 240 g/mol. The summed E-state index contributed by atoms with van der Waals surface area (Å²) in [6.07, 6.45) is 2.20. The normalized spacial score (nSPS) is 13.9. The molecule has 0 aliphatic heterocycles. The molecule has 8 nitrogen and oxygen atoms in total. The van der Waals surface area contributed by atoms with Gasteiger partial charge >= 0.3 is 5.97 Å². The number of hydrogen-bond donors (Lipinski definition) is 4. The highest BCUT2D eigenvalue weighted by molar-refractivity contribution is 5.86. The van der Waals surface area contributed by atoms with Crippen molar-refractivity contribution in [1.29, 1.82) is 0 Å². The van der Waals surface area contributed by atoms with Crippen LogP contribution < -0.4 is 11.1 Å². The maximum absolute atomic E-state index is 11.6. The average molecular weight is 256 g/mol. The molecule has 0 saturated heterocycles. The summed E-state index contributed by atoms with van der Waals surface area (Å²) < 4.78 is 4.83. The standard InChI is InChI=1S/C10H16N4O4/c1-18-8(3-11)9(15)14-7(10(16)17)2-6-4-12-5-13-6/h4-5,7-8H,2-3,11H2,1H3,(H,12,13)(H,14,15)(H,16,17)/t7-,8?/m1/s1. The van der Waals surface area contributed by atoms with Gasteiger partial charge in [0.05, 0.1) is 6.33 Å². The Morgan fingerprint density at radius 3 is 2.83 bits per heavy atom. The molecule has 0 aliphatic carbocycles. The van der Waals surface area contributed by atoms with Crippen LogP contribution in [0.5, 0.6) is 0 Å². The lowest BCUT2D eigenvalue weighted by Gasteiger charge is -2.17. The molecule has 0 saturated carbocycles. The molecule has 2 atom stereocenters. The van der Waals surface area contributed by atoms with Crippen LogP contribution in [0.2, 0.25) is 0 Å². The van der Waals surface area contributed by atoms with Gasteiger partial charge < -0.3 is 25.9 Å². The van der Waals surface area contributed by atoms with Crippen molar-refractivity contribution in [2.75, 3.05) is 13.7 Å². The molecule has 0 aromatic carbocycles. The molecule has 5 N–H and O–H groups in total. The first-order valence-electron chi connectivity index (χ1n) is 5.31. The Morgan fingerprint density at radius 2 is 2.39 bits per heavy atom. The van der Waals surface area contributed by atoms with Gasteiger partial charge in [-0.05, 0) is 0 Å². The van der Waals surface area contributed by atoms with Gasteiger partial charge in [0.25, 0.3) is 5.91 Å². The molecular formula is C10H16N4O4. The summed E-state index contributed by atoms with van der Waals surface area (Å²) in [7, 11) is 1.34. The van der Waals surface area contributed by atoms with Gasteiger partial charge in [0.1, 0.15) is 12.1 Å². The molecule has 1 aromatic heterocycles. The number of carbonyl (C=O) groups excluding carboxylic acids is 1. The molecule has 18 heavy (non-hydrogen) atoms. The molecule has 1 unspecified atom stereocenters. The Hall–Kier alpha value is -1.93. The van der Waals surface area contributed by atoms with Crippen molar-refractivity contribution in [2.24, 2.45) is 5.73 Å². The summed E-state index contributed by atoms with van der Waals surface area (Å²) >= 11 is 0. The zero-order valence-corrected chi connectivity index (χ0v) is 9.92. The van der Waals surface area contributed by atoms with Crippen LogP contribution in [0.15, 0.2) is 12.5 Å². The summed E-state index contributed by atoms with van der Waals surface area (Å²) in [4.78, 5) is 29.2. The van der Waals surface area contributed by atoms with E-state index in [2.05, 4.69) is 15.3 Å². The molecule has 100 valence electrons. The van der Waals surface area contributed by atoms with Gasteiger partial charge in [-0.2, -0.15) is 0 Å². The van der Waals surface area contributed by atoms with E-state index in [9.17, 15) is 9.59 Å². The first kappa shape index (κ1) is 14.1. The minimum absolute atomic E-state index is 0.0151. The largest absolute Gasteiger partial charge is 0.480 e. The molecule has 0 fully saturated rings. The van der Waals surface area contributed by atoms with Crippen molar-refractivity contribution < 1.29 is 19.4 Å². The van der Waals surface area contributed by atoms with Crippen molar-refractivity contribution >= 4 is 11.9 Å². The lowest BCUT2D eigenvalue weighted by atomic mass is 10.1. The van der Waals surface area contributed by atoms with E-state index in [1.165, 1.54) is 19.6 Å². The second-order valence-corrected chi connectivity index (χ2v) is 3.64. The highest BCUT2D eigenvalue weighted by Gasteiger charge is 2.24. The van der Waals surface area contributed by atoms with Crippen LogP contribution in [0.25, 0.3) is 0 Å². The monoisotopic (exact) mass is 256 g/mol. The van der Waals surface area contributed by atoms with E-state index in [1.807, 2.05) is 0 Å². The lowest BCUT2D eigenvalue weighted by Crippen LogP contribution is -2.49. The average Bonchev–Trinajstić information content (AvgIpc) is 2.82. The first-order chi connectivity index (χ1) is 8.58. The van der Waals surface area contributed by atoms with Gasteiger partial charge in [-0.1, -0.05) is 0 Å². The molecule has 0 radical (unpaired) electrons. The number of amides is 1. The van der Waals surface area contributed by atoms with Crippen LogP contribution in [0.3, 0.4) is 0 Å². The SMILES string of the molecule is COC(CN)C(=O)N[C@H](Cc1cnc[nH]1)C(=O)O. The van der Waals surface area contributed by atoms with Gasteiger partial charge in [-0.3, -0.25) is 4.79 Å². The minimum atomic E-state index is -1.13. The number of carboxylic acid groups (broad SMARTS) is 1. The van der Waals surface area contributed by atoms with E-state index in [4.69, 9.17) is 15.6 Å². The summed E-state index contributed by atoms with van der Waals surface area (Å²) in [6, 6.07) is -1.05. The lowest BCUT2D eigenvalue weighted by molar-refractivity contribution is -0.143. The first-order valence-corrected chi connectivity index (χ1v) is 5.31. The van der Waals surface area contributed by atoms with E-state index < -0.39 is 24.0 Å². The minimum Gasteiger partial charge on any atom is -0.480 e. The van der Waals surface area contributed by atoms with Crippen LogP contribution in [0.4, 0.5) is 0 Å². The number of aromatic amines is 1. The second-order valence-electron chi connectivity index (χ2n) is 3.64. The Bertz CT molecular complexity index is 389. The number of H-pyrrole nitrogens is 1. The van der Waals surface area contributed by atoms with E-state index in [0.29, 0.717) is 5.69 Å². The van der Waals surface area contributed by atoms with Gasteiger partial charge in [0.15, 0.2) is 0 Å². The number of ether oxygens (including phenoxy) is 1. The van der Waals surface area contributed by atoms with Gasteiger partial charge in [0.2, 0.25) is 0 Å². The quantitative estimate of drug-likeness (QED) is 0.469. The van der Waals surface area contributed by atoms with E-state index in [1.54, 1.807) is 0 Å². The second kappa shape index (κ2) is 6.72. The maximum atomic E-state index is 11.6. The third-order valence-electron chi connectivity index (χ3n) is 2.38. The Labute approximate surface area is 104 Å².